The van der Waals surface area contributed by atoms with Gasteiger partial charge in [-0.1, -0.05) is 29.3 Å². The Hall–Kier alpha value is -1.35. The molecule has 0 saturated carbocycles. The first kappa shape index (κ1) is 13.7. The van der Waals surface area contributed by atoms with Crippen LogP contribution in [0.1, 0.15) is 29.5 Å². The molecular formula is C14H22N2O. The minimum absolute atomic E-state index is 0.0971. The van der Waals surface area contributed by atoms with E-state index in [1.54, 1.807) is 0 Å². The molecule has 3 N–H and O–H groups in total. The summed E-state index contributed by atoms with van der Waals surface area (Å²) < 4.78 is 0. The summed E-state index contributed by atoms with van der Waals surface area (Å²) in [7, 11) is 0. The van der Waals surface area contributed by atoms with Crippen LogP contribution in [0, 0.1) is 13.8 Å². The number of nitrogens with one attached hydrogen (secondary N) is 1. The van der Waals surface area contributed by atoms with Crippen molar-refractivity contribution in [1.29, 1.82) is 0 Å². The first-order chi connectivity index (χ1) is 8.11. The molecule has 1 rings (SSSR count). The SMILES string of the molecule is Cc1cc(C)cc(CCNC(=O)CCCN)c1. The first-order valence-corrected chi connectivity index (χ1v) is 6.16. The highest BCUT2D eigenvalue weighted by atomic mass is 16.1. The predicted molar refractivity (Wildman–Crippen MR) is 70.9 cm³/mol. The molecule has 0 radical (unpaired) electrons. The lowest BCUT2D eigenvalue weighted by Gasteiger charge is -2.07. The van der Waals surface area contributed by atoms with Crippen LogP contribution in [0.3, 0.4) is 0 Å². The van der Waals surface area contributed by atoms with Gasteiger partial charge in [-0.05, 0) is 38.8 Å². The molecule has 0 saturated heterocycles. The molecule has 0 heterocycles. The molecule has 1 aromatic carbocycles. The molecule has 0 atom stereocenters. The van der Waals surface area contributed by atoms with Gasteiger partial charge in [-0.25, -0.2) is 0 Å². The molecule has 1 amide bonds. The summed E-state index contributed by atoms with van der Waals surface area (Å²) in [6.07, 6.45) is 2.18. The van der Waals surface area contributed by atoms with Crippen molar-refractivity contribution in [3.63, 3.8) is 0 Å². The highest BCUT2D eigenvalue weighted by Gasteiger charge is 2.00. The van der Waals surface area contributed by atoms with Crippen LogP contribution in [-0.4, -0.2) is 19.0 Å². The number of benzene rings is 1. The lowest BCUT2D eigenvalue weighted by molar-refractivity contribution is -0.121. The molecule has 17 heavy (non-hydrogen) atoms. The molecule has 0 aliphatic rings. The molecule has 94 valence electrons. The van der Waals surface area contributed by atoms with Crippen LogP contribution >= 0.6 is 0 Å². The molecule has 0 fully saturated rings. The Bertz CT molecular complexity index is 354. The van der Waals surface area contributed by atoms with Crippen molar-refractivity contribution in [3.05, 3.63) is 34.9 Å². The monoisotopic (exact) mass is 234 g/mol. The van der Waals surface area contributed by atoms with Gasteiger partial charge >= 0.3 is 0 Å². The maximum atomic E-state index is 11.4. The second-order valence-corrected chi connectivity index (χ2v) is 4.49. The second-order valence-electron chi connectivity index (χ2n) is 4.49. The van der Waals surface area contributed by atoms with Gasteiger partial charge in [-0.3, -0.25) is 4.79 Å². The lowest BCUT2D eigenvalue weighted by Crippen LogP contribution is -2.26. The van der Waals surface area contributed by atoms with Crippen LogP contribution in [0.2, 0.25) is 0 Å². The number of rotatable bonds is 6. The number of carbonyl (C=O) groups excluding carboxylic acids is 1. The number of amides is 1. The topological polar surface area (TPSA) is 55.1 Å². The van der Waals surface area contributed by atoms with Gasteiger partial charge in [0.15, 0.2) is 0 Å². The van der Waals surface area contributed by atoms with E-state index in [1.807, 2.05) is 0 Å². The van der Waals surface area contributed by atoms with Crippen LogP contribution in [0.5, 0.6) is 0 Å². The Balaban J connectivity index is 2.33. The fourth-order valence-corrected chi connectivity index (χ4v) is 1.91. The molecule has 0 aliphatic carbocycles. The van der Waals surface area contributed by atoms with Crippen molar-refractivity contribution in [2.45, 2.75) is 33.1 Å². The van der Waals surface area contributed by atoms with Crippen molar-refractivity contribution < 1.29 is 4.79 Å². The number of nitrogens with two attached hydrogens (primary N) is 1. The average molecular weight is 234 g/mol. The average Bonchev–Trinajstić information content (AvgIpc) is 2.25. The Kier molecular flexibility index (Phi) is 5.70. The van der Waals surface area contributed by atoms with Crippen LogP contribution in [0.15, 0.2) is 18.2 Å². The van der Waals surface area contributed by atoms with Gasteiger partial charge in [0, 0.05) is 13.0 Å². The quantitative estimate of drug-likeness (QED) is 0.787. The van der Waals surface area contributed by atoms with Crippen LogP contribution in [-0.2, 0) is 11.2 Å². The third-order valence-corrected chi connectivity index (χ3v) is 2.63. The summed E-state index contributed by atoms with van der Waals surface area (Å²) in [4.78, 5) is 11.4. The van der Waals surface area contributed by atoms with Gasteiger partial charge in [-0.15, -0.1) is 0 Å². The van der Waals surface area contributed by atoms with E-state index in [1.165, 1.54) is 16.7 Å². The Labute approximate surface area is 103 Å². The number of hydrogen-bond donors (Lipinski definition) is 2. The number of carbonyl (C=O) groups is 1. The third-order valence-electron chi connectivity index (χ3n) is 2.63. The second kappa shape index (κ2) is 7.07. The minimum Gasteiger partial charge on any atom is -0.356 e. The van der Waals surface area contributed by atoms with E-state index in [4.69, 9.17) is 5.73 Å². The first-order valence-electron chi connectivity index (χ1n) is 6.16. The van der Waals surface area contributed by atoms with Gasteiger partial charge in [0.25, 0.3) is 0 Å². The molecule has 0 spiro atoms. The molecule has 3 nitrogen and oxygen atoms in total. The number of aryl methyl sites for hydroxylation is 2. The van der Waals surface area contributed by atoms with Crippen molar-refractivity contribution >= 4 is 5.91 Å². The largest absolute Gasteiger partial charge is 0.356 e. The highest BCUT2D eigenvalue weighted by molar-refractivity contribution is 5.75. The van der Waals surface area contributed by atoms with Crippen molar-refractivity contribution in [1.82, 2.24) is 5.32 Å². The predicted octanol–water partition coefficient (Wildman–Crippen LogP) is 1.70. The summed E-state index contributed by atoms with van der Waals surface area (Å²) in [5.41, 5.74) is 9.17. The van der Waals surface area contributed by atoms with Crippen LogP contribution in [0.4, 0.5) is 0 Å². The molecule has 3 heteroatoms. The van der Waals surface area contributed by atoms with E-state index in [2.05, 4.69) is 37.4 Å². The van der Waals surface area contributed by atoms with Crippen LogP contribution in [0.25, 0.3) is 0 Å². The molecule has 0 unspecified atom stereocenters. The van der Waals surface area contributed by atoms with Crippen molar-refractivity contribution in [3.8, 4) is 0 Å². The molecule has 1 aromatic rings. The van der Waals surface area contributed by atoms with Gasteiger partial charge in [0.2, 0.25) is 5.91 Å². The zero-order chi connectivity index (χ0) is 12.7. The summed E-state index contributed by atoms with van der Waals surface area (Å²) in [6, 6.07) is 6.49. The standard InChI is InChI=1S/C14H22N2O/c1-11-8-12(2)10-13(9-11)5-7-16-14(17)4-3-6-15/h8-10H,3-7,15H2,1-2H3,(H,16,17). The molecule has 0 aromatic heterocycles. The van der Waals surface area contributed by atoms with Gasteiger partial charge in [0.1, 0.15) is 0 Å². The van der Waals surface area contributed by atoms with Crippen molar-refractivity contribution in [2.24, 2.45) is 5.73 Å². The Morgan fingerprint density at radius 1 is 1.24 bits per heavy atom. The van der Waals surface area contributed by atoms with E-state index in [0.717, 1.165) is 12.8 Å². The zero-order valence-electron chi connectivity index (χ0n) is 10.8. The highest BCUT2D eigenvalue weighted by Crippen LogP contribution is 2.08. The van der Waals surface area contributed by atoms with E-state index in [-0.39, 0.29) is 5.91 Å². The smallest absolute Gasteiger partial charge is 0.220 e. The molecule has 0 aliphatic heterocycles. The molecular weight excluding hydrogens is 212 g/mol. The summed E-state index contributed by atoms with van der Waals surface area (Å²) in [5, 5.41) is 2.91. The lowest BCUT2D eigenvalue weighted by atomic mass is 10.1. The fourth-order valence-electron chi connectivity index (χ4n) is 1.91. The third kappa shape index (κ3) is 5.50. The van der Waals surface area contributed by atoms with Crippen LogP contribution < -0.4 is 11.1 Å². The van der Waals surface area contributed by atoms with E-state index in [0.29, 0.717) is 19.5 Å². The Morgan fingerprint density at radius 3 is 2.47 bits per heavy atom. The van der Waals surface area contributed by atoms with E-state index < -0.39 is 0 Å². The number of hydrogen-bond acceptors (Lipinski definition) is 2. The zero-order valence-corrected chi connectivity index (χ0v) is 10.8. The minimum atomic E-state index is 0.0971. The fraction of sp³-hybridized carbons (Fsp3) is 0.500. The maximum absolute atomic E-state index is 11.4. The van der Waals surface area contributed by atoms with Gasteiger partial charge in [0.05, 0.1) is 0 Å². The summed E-state index contributed by atoms with van der Waals surface area (Å²) in [5.74, 6) is 0.0971. The summed E-state index contributed by atoms with van der Waals surface area (Å²) >= 11 is 0. The van der Waals surface area contributed by atoms with E-state index >= 15 is 0 Å². The normalized spacial score (nSPS) is 10.3. The Morgan fingerprint density at radius 2 is 1.88 bits per heavy atom. The van der Waals surface area contributed by atoms with Crippen molar-refractivity contribution in [2.75, 3.05) is 13.1 Å². The maximum Gasteiger partial charge on any atom is 0.220 e. The van der Waals surface area contributed by atoms with Gasteiger partial charge in [-0.2, -0.15) is 0 Å². The van der Waals surface area contributed by atoms with Gasteiger partial charge < -0.3 is 11.1 Å². The molecule has 0 bridgehead atoms. The van der Waals surface area contributed by atoms with E-state index in [9.17, 15) is 4.79 Å². The summed E-state index contributed by atoms with van der Waals surface area (Å²) in [6.45, 7) is 5.46.